The molecule has 1 nitrogen and oxygen atoms in total. The van der Waals surface area contributed by atoms with E-state index >= 15 is 0 Å². The monoisotopic (exact) mass is 353 g/mol. The normalized spacial score (nSPS) is 13.0. The predicted octanol–water partition coefficient (Wildman–Crippen LogP) is 5.74. The molecular formula is C26H27N. The lowest BCUT2D eigenvalue weighted by atomic mass is 9.93. The fourth-order valence-corrected chi connectivity index (χ4v) is 4.04. The Morgan fingerprint density at radius 1 is 0.741 bits per heavy atom. The molecule has 27 heavy (non-hydrogen) atoms. The Labute approximate surface area is 163 Å². The van der Waals surface area contributed by atoms with Gasteiger partial charge in [-0.1, -0.05) is 84.9 Å². The Morgan fingerprint density at radius 2 is 1.30 bits per heavy atom. The smallest absolute Gasteiger partial charge is 0.0230 e. The number of hydrogen-bond acceptors (Lipinski definition) is 1. The SMILES string of the molecule is CN(CCC=C1c2ccccc2CCc2ccccc21)Cc1ccccc1. The summed E-state index contributed by atoms with van der Waals surface area (Å²) in [6.07, 6.45) is 5.75. The summed E-state index contributed by atoms with van der Waals surface area (Å²) in [6, 6.07) is 28.5. The Morgan fingerprint density at radius 3 is 1.93 bits per heavy atom. The summed E-state index contributed by atoms with van der Waals surface area (Å²) in [4.78, 5) is 2.40. The van der Waals surface area contributed by atoms with Gasteiger partial charge in [-0.05, 0) is 59.7 Å². The van der Waals surface area contributed by atoms with Gasteiger partial charge in [-0.25, -0.2) is 0 Å². The molecule has 0 N–H and O–H groups in total. The second-order valence-electron chi connectivity index (χ2n) is 7.44. The fraction of sp³-hybridized carbons (Fsp3) is 0.231. The minimum absolute atomic E-state index is 0.997. The highest BCUT2D eigenvalue weighted by atomic mass is 15.1. The van der Waals surface area contributed by atoms with E-state index in [4.69, 9.17) is 0 Å². The molecule has 1 aliphatic carbocycles. The van der Waals surface area contributed by atoms with Gasteiger partial charge < -0.3 is 4.90 Å². The first kappa shape index (κ1) is 17.8. The van der Waals surface area contributed by atoms with Crippen LogP contribution in [0.4, 0.5) is 0 Å². The van der Waals surface area contributed by atoms with Gasteiger partial charge in [-0.2, -0.15) is 0 Å². The van der Waals surface area contributed by atoms with Gasteiger partial charge in [0.25, 0.3) is 0 Å². The maximum Gasteiger partial charge on any atom is 0.0230 e. The molecule has 1 aliphatic rings. The molecule has 0 saturated heterocycles. The van der Waals surface area contributed by atoms with Crippen molar-refractivity contribution in [2.24, 2.45) is 0 Å². The van der Waals surface area contributed by atoms with Crippen molar-refractivity contribution in [1.29, 1.82) is 0 Å². The van der Waals surface area contributed by atoms with Crippen LogP contribution >= 0.6 is 0 Å². The maximum atomic E-state index is 2.45. The lowest BCUT2D eigenvalue weighted by Crippen LogP contribution is -2.18. The number of aryl methyl sites for hydroxylation is 2. The molecule has 0 aromatic heterocycles. The first-order valence-corrected chi connectivity index (χ1v) is 9.90. The quantitative estimate of drug-likeness (QED) is 0.565. The summed E-state index contributed by atoms with van der Waals surface area (Å²) in [5, 5.41) is 0. The summed E-state index contributed by atoms with van der Waals surface area (Å²) in [6.45, 7) is 2.06. The zero-order valence-electron chi connectivity index (χ0n) is 16.1. The van der Waals surface area contributed by atoms with E-state index in [1.807, 2.05) is 0 Å². The van der Waals surface area contributed by atoms with E-state index in [2.05, 4.69) is 96.9 Å². The van der Waals surface area contributed by atoms with Crippen LogP contribution in [-0.4, -0.2) is 18.5 Å². The van der Waals surface area contributed by atoms with Gasteiger partial charge in [-0.3, -0.25) is 0 Å². The molecule has 4 rings (SSSR count). The molecule has 0 spiro atoms. The van der Waals surface area contributed by atoms with Crippen molar-refractivity contribution < 1.29 is 0 Å². The van der Waals surface area contributed by atoms with E-state index in [1.165, 1.54) is 33.4 Å². The highest BCUT2D eigenvalue weighted by molar-refractivity contribution is 5.83. The van der Waals surface area contributed by atoms with Crippen LogP contribution in [0.3, 0.4) is 0 Å². The lowest BCUT2D eigenvalue weighted by molar-refractivity contribution is 0.334. The zero-order valence-corrected chi connectivity index (χ0v) is 16.1. The summed E-state index contributed by atoms with van der Waals surface area (Å²) < 4.78 is 0. The van der Waals surface area contributed by atoms with Gasteiger partial charge in [0.2, 0.25) is 0 Å². The second kappa shape index (κ2) is 8.37. The minimum Gasteiger partial charge on any atom is -0.302 e. The summed E-state index contributed by atoms with van der Waals surface area (Å²) in [5.74, 6) is 0. The molecule has 3 aromatic carbocycles. The molecule has 3 aromatic rings. The van der Waals surface area contributed by atoms with Crippen LogP contribution in [0.15, 0.2) is 84.9 Å². The van der Waals surface area contributed by atoms with E-state index in [0.717, 1.165) is 32.4 Å². The topological polar surface area (TPSA) is 3.24 Å². The molecule has 0 heterocycles. The molecular weight excluding hydrogens is 326 g/mol. The van der Waals surface area contributed by atoms with Crippen LogP contribution in [0.2, 0.25) is 0 Å². The summed E-state index contributed by atoms with van der Waals surface area (Å²) in [5.41, 5.74) is 8.54. The number of benzene rings is 3. The highest BCUT2D eigenvalue weighted by Gasteiger charge is 2.17. The van der Waals surface area contributed by atoms with Crippen molar-refractivity contribution in [2.45, 2.75) is 25.8 Å². The van der Waals surface area contributed by atoms with Crippen LogP contribution in [0, 0.1) is 0 Å². The molecule has 0 unspecified atom stereocenters. The van der Waals surface area contributed by atoms with Gasteiger partial charge in [0.1, 0.15) is 0 Å². The Balaban J connectivity index is 1.55. The Bertz CT molecular complexity index is 874. The molecule has 0 atom stereocenters. The standard InChI is InChI=1S/C26H27N/c1-27(20-21-10-3-2-4-11-21)19-9-16-26-24-14-7-5-12-22(24)17-18-23-13-6-8-15-25(23)26/h2-8,10-16H,9,17-20H2,1H3. The average Bonchev–Trinajstić information content (AvgIpc) is 2.86. The van der Waals surface area contributed by atoms with Gasteiger partial charge in [-0.15, -0.1) is 0 Å². The van der Waals surface area contributed by atoms with Crippen LogP contribution in [0.25, 0.3) is 5.57 Å². The number of hydrogen-bond donors (Lipinski definition) is 0. The van der Waals surface area contributed by atoms with Gasteiger partial charge >= 0.3 is 0 Å². The van der Waals surface area contributed by atoms with Crippen LogP contribution in [0.5, 0.6) is 0 Å². The molecule has 0 amide bonds. The van der Waals surface area contributed by atoms with E-state index in [9.17, 15) is 0 Å². The van der Waals surface area contributed by atoms with Crippen LogP contribution < -0.4 is 0 Å². The molecule has 136 valence electrons. The Kier molecular flexibility index (Phi) is 5.50. The fourth-order valence-electron chi connectivity index (χ4n) is 4.04. The number of nitrogens with zero attached hydrogens (tertiary/aromatic N) is 1. The number of rotatable bonds is 5. The van der Waals surface area contributed by atoms with Gasteiger partial charge in [0.05, 0.1) is 0 Å². The first-order chi connectivity index (χ1) is 13.3. The zero-order chi connectivity index (χ0) is 18.5. The highest BCUT2D eigenvalue weighted by Crippen LogP contribution is 2.33. The lowest BCUT2D eigenvalue weighted by Gasteiger charge is -2.17. The predicted molar refractivity (Wildman–Crippen MR) is 115 cm³/mol. The van der Waals surface area contributed by atoms with Crippen molar-refractivity contribution >= 4 is 5.57 Å². The van der Waals surface area contributed by atoms with Crippen molar-refractivity contribution in [3.63, 3.8) is 0 Å². The molecule has 0 aliphatic heterocycles. The molecule has 1 heteroatoms. The third kappa shape index (κ3) is 4.20. The van der Waals surface area contributed by atoms with E-state index in [0.29, 0.717) is 0 Å². The molecule has 0 radical (unpaired) electrons. The van der Waals surface area contributed by atoms with Crippen molar-refractivity contribution in [3.05, 3.63) is 113 Å². The summed E-state index contributed by atoms with van der Waals surface area (Å²) in [7, 11) is 2.21. The van der Waals surface area contributed by atoms with Gasteiger partial charge in [0.15, 0.2) is 0 Å². The number of fused-ring (bicyclic) bond motifs is 2. The van der Waals surface area contributed by atoms with Crippen molar-refractivity contribution in [2.75, 3.05) is 13.6 Å². The Hall–Kier alpha value is -2.64. The van der Waals surface area contributed by atoms with E-state index in [1.54, 1.807) is 0 Å². The molecule has 0 saturated carbocycles. The van der Waals surface area contributed by atoms with E-state index < -0.39 is 0 Å². The largest absolute Gasteiger partial charge is 0.302 e. The minimum atomic E-state index is 0.997. The van der Waals surface area contributed by atoms with Crippen molar-refractivity contribution in [1.82, 2.24) is 4.90 Å². The molecule has 0 bridgehead atoms. The first-order valence-electron chi connectivity index (χ1n) is 9.90. The third-order valence-electron chi connectivity index (χ3n) is 5.43. The second-order valence-corrected chi connectivity index (χ2v) is 7.44. The average molecular weight is 354 g/mol. The van der Waals surface area contributed by atoms with Crippen molar-refractivity contribution in [3.8, 4) is 0 Å². The maximum absolute atomic E-state index is 2.45. The third-order valence-corrected chi connectivity index (χ3v) is 5.43. The van der Waals surface area contributed by atoms with Crippen LogP contribution in [-0.2, 0) is 19.4 Å². The van der Waals surface area contributed by atoms with Gasteiger partial charge in [0, 0.05) is 13.1 Å². The van der Waals surface area contributed by atoms with Crippen LogP contribution in [0.1, 0.15) is 34.2 Å². The van der Waals surface area contributed by atoms with E-state index in [-0.39, 0.29) is 0 Å². The molecule has 0 fully saturated rings. The summed E-state index contributed by atoms with van der Waals surface area (Å²) >= 11 is 0.